The lowest BCUT2D eigenvalue weighted by atomic mass is 10.1. The summed E-state index contributed by atoms with van der Waals surface area (Å²) < 4.78 is 0. The number of aromatic amines is 1. The molecule has 2 aliphatic rings. The van der Waals surface area contributed by atoms with Gasteiger partial charge in [-0.05, 0) is 30.5 Å². The molecule has 0 radical (unpaired) electrons. The zero-order chi connectivity index (χ0) is 17.3. The van der Waals surface area contributed by atoms with Gasteiger partial charge in [0.05, 0.1) is 11.1 Å². The summed E-state index contributed by atoms with van der Waals surface area (Å²) >= 11 is 0. The third-order valence-electron chi connectivity index (χ3n) is 4.90. The Hall–Kier alpha value is -3.15. The zero-order valence-corrected chi connectivity index (χ0v) is 14.4. The fraction of sp³-hybridized carbons (Fsp3) is 0.250. The van der Waals surface area contributed by atoms with Gasteiger partial charge in [-0.3, -0.25) is 5.10 Å². The Morgan fingerprint density at radius 2 is 2.04 bits per heavy atom. The molecule has 26 heavy (non-hydrogen) atoms. The lowest BCUT2D eigenvalue weighted by Crippen LogP contribution is -2.25. The Bertz CT molecular complexity index is 1000. The van der Waals surface area contributed by atoms with Crippen molar-refractivity contribution in [2.75, 3.05) is 23.3 Å². The van der Waals surface area contributed by atoms with Crippen LogP contribution >= 0.6 is 0 Å². The van der Waals surface area contributed by atoms with E-state index in [-0.39, 0.29) is 0 Å². The van der Waals surface area contributed by atoms with Gasteiger partial charge in [-0.15, -0.1) is 0 Å². The summed E-state index contributed by atoms with van der Waals surface area (Å²) in [5, 5.41) is 11.9. The Morgan fingerprint density at radius 1 is 1.12 bits per heavy atom. The van der Waals surface area contributed by atoms with E-state index in [4.69, 9.17) is 4.98 Å². The topological polar surface area (TPSA) is 69.7 Å². The highest BCUT2D eigenvalue weighted by atomic mass is 15.3. The molecular weight excluding hydrogens is 324 g/mol. The van der Waals surface area contributed by atoms with Crippen LogP contribution in [0.15, 0.2) is 54.1 Å². The normalized spacial score (nSPS) is 16.0. The number of hydrogen-bond donors (Lipinski definition) is 2. The Balaban J connectivity index is 1.52. The fourth-order valence-corrected chi connectivity index (χ4v) is 3.59. The largest absolute Gasteiger partial charge is 0.350 e. The molecule has 0 amide bonds. The standard InChI is InChI=1S/C20H20N6/c1-3-7-14(8-4-1)13-21-20-22-18-17-16(24-25-18)11-12-26(19(17)23-20)15-9-5-2-6-10-15/h2-3,5-10H,1,4,11-13H2,(H2,21,22,23,24,25). The van der Waals surface area contributed by atoms with Crippen molar-refractivity contribution in [2.24, 2.45) is 0 Å². The maximum absolute atomic E-state index is 4.84. The third-order valence-corrected chi connectivity index (χ3v) is 4.90. The highest BCUT2D eigenvalue weighted by Gasteiger charge is 2.25. The quantitative estimate of drug-likeness (QED) is 0.754. The lowest BCUT2D eigenvalue weighted by Gasteiger charge is -2.28. The molecule has 5 rings (SSSR count). The second kappa shape index (κ2) is 6.29. The molecule has 1 aromatic carbocycles. The van der Waals surface area contributed by atoms with Crippen LogP contribution in [0.25, 0.3) is 11.0 Å². The molecule has 2 aromatic heterocycles. The van der Waals surface area contributed by atoms with Crippen LogP contribution in [0.1, 0.15) is 18.5 Å². The van der Waals surface area contributed by atoms with Gasteiger partial charge in [0, 0.05) is 25.2 Å². The number of rotatable bonds is 4. The van der Waals surface area contributed by atoms with Crippen molar-refractivity contribution in [1.29, 1.82) is 0 Å². The van der Waals surface area contributed by atoms with Crippen molar-refractivity contribution in [3.63, 3.8) is 0 Å². The SMILES string of the molecule is C1=CC(CNc2nc3c4c([nH]nc4n2)CCN3c2ccccc2)=CCC1. The van der Waals surface area contributed by atoms with E-state index in [1.54, 1.807) is 0 Å². The summed E-state index contributed by atoms with van der Waals surface area (Å²) in [7, 11) is 0. The number of nitrogens with one attached hydrogen (secondary N) is 2. The number of allylic oxidation sites excluding steroid dienone is 2. The second-order valence-electron chi connectivity index (χ2n) is 6.62. The van der Waals surface area contributed by atoms with Crippen LogP contribution in [-0.4, -0.2) is 33.3 Å². The Labute approximate surface area is 151 Å². The minimum atomic E-state index is 0.619. The van der Waals surface area contributed by atoms with E-state index in [0.717, 1.165) is 60.6 Å². The van der Waals surface area contributed by atoms with E-state index in [0.29, 0.717) is 5.95 Å². The molecule has 0 spiro atoms. The van der Waals surface area contributed by atoms with E-state index in [9.17, 15) is 0 Å². The predicted octanol–water partition coefficient (Wildman–Crippen LogP) is 3.74. The Kier molecular flexibility index (Phi) is 3.66. The summed E-state index contributed by atoms with van der Waals surface area (Å²) in [6, 6.07) is 10.4. The van der Waals surface area contributed by atoms with Gasteiger partial charge in [-0.2, -0.15) is 15.1 Å². The molecule has 6 nitrogen and oxygen atoms in total. The average molecular weight is 344 g/mol. The smallest absolute Gasteiger partial charge is 0.227 e. The Morgan fingerprint density at radius 3 is 2.88 bits per heavy atom. The predicted molar refractivity (Wildman–Crippen MR) is 104 cm³/mol. The number of para-hydroxylation sites is 1. The average Bonchev–Trinajstić information content (AvgIpc) is 3.12. The minimum Gasteiger partial charge on any atom is -0.350 e. The second-order valence-corrected chi connectivity index (χ2v) is 6.62. The third kappa shape index (κ3) is 2.63. The molecule has 0 saturated heterocycles. The maximum Gasteiger partial charge on any atom is 0.227 e. The van der Waals surface area contributed by atoms with E-state index in [1.165, 1.54) is 5.57 Å². The number of anilines is 3. The lowest BCUT2D eigenvalue weighted by molar-refractivity contribution is 0.850. The number of H-pyrrole nitrogens is 1. The summed E-state index contributed by atoms with van der Waals surface area (Å²) in [6.45, 7) is 1.60. The molecule has 2 N–H and O–H groups in total. The van der Waals surface area contributed by atoms with Crippen molar-refractivity contribution in [1.82, 2.24) is 20.2 Å². The van der Waals surface area contributed by atoms with Crippen molar-refractivity contribution >= 4 is 28.5 Å². The van der Waals surface area contributed by atoms with Gasteiger partial charge in [0.1, 0.15) is 5.82 Å². The molecule has 0 saturated carbocycles. The number of benzene rings is 1. The summed E-state index contributed by atoms with van der Waals surface area (Å²) in [6.07, 6.45) is 9.77. The fourth-order valence-electron chi connectivity index (χ4n) is 3.59. The summed E-state index contributed by atoms with van der Waals surface area (Å²) in [4.78, 5) is 11.7. The van der Waals surface area contributed by atoms with Crippen LogP contribution < -0.4 is 10.2 Å². The molecule has 0 bridgehead atoms. The van der Waals surface area contributed by atoms with Crippen LogP contribution in [0.5, 0.6) is 0 Å². The molecule has 3 heterocycles. The number of aromatic nitrogens is 4. The molecule has 130 valence electrons. The van der Waals surface area contributed by atoms with Crippen LogP contribution in [0.2, 0.25) is 0 Å². The van der Waals surface area contributed by atoms with E-state index >= 15 is 0 Å². The molecule has 0 unspecified atom stereocenters. The van der Waals surface area contributed by atoms with Gasteiger partial charge < -0.3 is 10.2 Å². The highest BCUT2D eigenvalue weighted by molar-refractivity contribution is 5.94. The maximum atomic E-state index is 4.84. The van der Waals surface area contributed by atoms with Gasteiger partial charge in [-0.25, -0.2) is 0 Å². The van der Waals surface area contributed by atoms with Gasteiger partial charge in [0.15, 0.2) is 5.65 Å². The van der Waals surface area contributed by atoms with Crippen LogP contribution in [0.4, 0.5) is 17.5 Å². The van der Waals surface area contributed by atoms with Crippen molar-refractivity contribution in [3.05, 3.63) is 59.8 Å². The van der Waals surface area contributed by atoms with E-state index in [2.05, 4.69) is 67.9 Å². The summed E-state index contributed by atoms with van der Waals surface area (Å²) in [5.74, 6) is 1.54. The molecule has 0 fully saturated rings. The number of nitrogens with zero attached hydrogens (tertiary/aromatic N) is 4. The first-order valence-corrected chi connectivity index (χ1v) is 9.05. The molecule has 0 atom stereocenters. The zero-order valence-electron chi connectivity index (χ0n) is 14.4. The summed E-state index contributed by atoms with van der Waals surface area (Å²) in [5.41, 5.74) is 4.26. The van der Waals surface area contributed by atoms with Crippen LogP contribution in [-0.2, 0) is 6.42 Å². The van der Waals surface area contributed by atoms with Crippen molar-refractivity contribution < 1.29 is 0 Å². The van der Waals surface area contributed by atoms with Crippen LogP contribution in [0.3, 0.4) is 0 Å². The molecule has 1 aliphatic heterocycles. The molecule has 6 heteroatoms. The highest BCUT2D eigenvalue weighted by Crippen LogP contribution is 2.35. The monoisotopic (exact) mass is 344 g/mol. The van der Waals surface area contributed by atoms with Crippen molar-refractivity contribution in [2.45, 2.75) is 19.3 Å². The first-order valence-electron chi connectivity index (χ1n) is 9.05. The first-order chi connectivity index (χ1) is 12.9. The van der Waals surface area contributed by atoms with Crippen molar-refractivity contribution in [3.8, 4) is 0 Å². The van der Waals surface area contributed by atoms with E-state index < -0.39 is 0 Å². The molecule has 3 aromatic rings. The minimum absolute atomic E-state index is 0.619. The van der Waals surface area contributed by atoms with Gasteiger partial charge in [0.25, 0.3) is 0 Å². The number of hydrogen-bond acceptors (Lipinski definition) is 5. The molecular formula is C20H20N6. The van der Waals surface area contributed by atoms with Gasteiger partial charge >= 0.3 is 0 Å². The van der Waals surface area contributed by atoms with Crippen LogP contribution in [0, 0.1) is 0 Å². The van der Waals surface area contributed by atoms with Gasteiger partial charge in [0.2, 0.25) is 5.95 Å². The first kappa shape index (κ1) is 15.1. The molecule has 1 aliphatic carbocycles. The van der Waals surface area contributed by atoms with E-state index in [1.807, 2.05) is 6.07 Å². The van der Waals surface area contributed by atoms with Gasteiger partial charge in [-0.1, -0.05) is 36.4 Å².